The van der Waals surface area contributed by atoms with Crippen LogP contribution in [0.25, 0.3) is 0 Å². The highest BCUT2D eigenvalue weighted by Gasteiger charge is 2.43. The standard InChI is InChI=1S/C12H25NO3S/c1-12(2)7-5-6-10(11(12)13-3)17(14,15)9-8-16-4/h10-11,13H,5-9H2,1-4H3. The summed E-state index contributed by atoms with van der Waals surface area (Å²) in [6.45, 7) is 4.58. The highest BCUT2D eigenvalue weighted by Crippen LogP contribution is 2.38. The third-order valence-electron chi connectivity index (χ3n) is 3.87. The maximum atomic E-state index is 12.3. The van der Waals surface area contributed by atoms with Gasteiger partial charge in [-0.15, -0.1) is 0 Å². The Morgan fingerprint density at radius 2 is 2.06 bits per heavy atom. The zero-order valence-corrected chi connectivity index (χ0v) is 12.1. The van der Waals surface area contributed by atoms with Crippen molar-refractivity contribution >= 4 is 9.84 Å². The van der Waals surface area contributed by atoms with Crippen LogP contribution < -0.4 is 5.32 Å². The number of hydrogen-bond donors (Lipinski definition) is 1. The average Bonchev–Trinajstić information content (AvgIpc) is 2.25. The lowest BCUT2D eigenvalue weighted by Gasteiger charge is -2.43. The van der Waals surface area contributed by atoms with Gasteiger partial charge in [-0.25, -0.2) is 8.42 Å². The van der Waals surface area contributed by atoms with Crippen molar-refractivity contribution < 1.29 is 13.2 Å². The molecule has 0 aromatic rings. The second-order valence-electron chi connectivity index (χ2n) is 5.55. The predicted octanol–water partition coefficient (Wildman–Crippen LogP) is 1.21. The highest BCUT2D eigenvalue weighted by atomic mass is 32.2. The van der Waals surface area contributed by atoms with Crippen LogP contribution in [0.15, 0.2) is 0 Å². The number of methoxy groups -OCH3 is 1. The van der Waals surface area contributed by atoms with Crippen LogP contribution in [0.4, 0.5) is 0 Å². The molecule has 2 atom stereocenters. The van der Waals surface area contributed by atoms with E-state index < -0.39 is 9.84 Å². The summed E-state index contributed by atoms with van der Waals surface area (Å²) in [6.07, 6.45) is 2.83. The van der Waals surface area contributed by atoms with Gasteiger partial charge in [0.25, 0.3) is 0 Å². The first-order valence-corrected chi connectivity index (χ1v) is 7.94. The van der Waals surface area contributed by atoms with Gasteiger partial charge in [0.15, 0.2) is 9.84 Å². The second kappa shape index (κ2) is 5.67. The number of ether oxygens (including phenoxy) is 1. The molecule has 1 saturated carbocycles. The minimum atomic E-state index is -3.07. The van der Waals surface area contributed by atoms with Crippen molar-refractivity contribution in [2.24, 2.45) is 5.41 Å². The van der Waals surface area contributed by atoms with E-state index in [1.807, 2.05) is 7.05 Å². The molecule has 0 aromatic carbocycles. The van der Waals surface area contributed by atoms with Crippen LogP contribution in [-0.4, -0.2) is 46.2 Å². The normalized spacial score (nSPS) is 29.2. The summed E-state index contributed by atoms with van der Waals surface area (Å²) in [5.74, 6) is 0.127. The molecule has 1 N–H and O–H groups in total. The molecule has 5 heteroatoms. The van der Waals surface area contributed by atoms with E-state index in [1.54, 1.807) is 0 Å². The van der Waals surface area contributed by atoms with E-state index in [1.165, 1.54) is 7.11 Å². The van der Waals surface area contributed by atoms with E-state index >= 15 is 0 Å². The Morgan fingerprint density at radius 1 is 1.41 bits per heavy atom. The minimum Gasteiger partial charge on any atom is -0.384 e. The van der Waals surface area contributed by atoms with Crippen LogP contribution in [-0.2, 0) is 14.6 Å². The number of rotatable bonds is 5. The van der Waals surface area contributed by atoms with Crippen LogP contribution in [0.1, 0.15) is 33.1 Å². The number of hydrogen-bond acceptors (Lipinski definition) is 4. The molecule has 0 radical (unpaired) electrons. The third kappa shape index (κ3) is 3.42. The van der Waals surface area contributed by atoms with Gasteiger partial charge in [-0.05, 0) is 25.3 Å². The van der Waals surface area contributed by atoms with Gasteiger partial charge in [0.2, 0.25) is 0 Å². The summed E-state index contributed by atoms with van der Waals surface area (Å²) in [5, 5.41) is 2.93. The van der Waals surface area contributed by atoms with Crippen molar-refractivity contribution in [3.05, 3.63) is 0 Å². The van der Waals surface area contributed by atoms with Crippen LogP contribution >= 0.6 is 0 Å². The zero-order chi connectivity index (χ0) is 13.1. The van der Waals surface area contributed by atoms with Gasteiger partial charge in [0.1, 0.15) is 0 Å². The molecule has 0 saturated heterocycles. The first-order valence-electron chi connectivity index (χ1n) is 6.23. The van der Waals surface area contributed by atoms with Crippen LogP contribution in [0.2, 0.25) is 0 Å². The molecule has 0 bridgehead atoms. The highest BCUT2D eigenvalue weighted by molar-refractivity contribution is 7.92. The summed E-state index contributed by atoms with van der Waals surface area (Å²) in [7, 11) is 0.330. The van der Waals surface area contributed by atoms with Gasteiger partial charge < -0.3 is 10.1 Å². The van der Waals surface area contributed by atoms with Gasteiger partial charge in [-0.1, -0.05) is 20.3 Å². The molecule has 0 aliphatic heterocycles. The Balaban J connectivity index is 2.87. The Labute approximate surface area is 105 Å². The molecule has 1 rings (SSSR count). The maximum absolute atomic E-state index is 12.3. The second-order valence-corrected chi connectivity index (χ2v) is 7.88. The molecule has 2 unspecified atom stereocenters. The van der Waals surface area contributed by atoms with Crippen molar-refractivity contribution in [1.29, 1.82) is 0 Å². The summed E-state index contributed by atoms with van der Waals surface area (Å²) in [6, 6.07) is 0.0399. The zero-order valence-electron chi connectivity index (χ0n) is 11.3. The van der Waals surface area contributed by atoms with Crippen molar-refractivity contribution in [2.45, 2.75) is 44.4 Å². The molecule has 102 valence electrons. The summed E-state index contributed by atoms with van der Waals surface area (Å²) in [5.41, 5.74) is 0.0395. The molecule has 0 aromatic heterocycles. The topological polar surface area (TPSA) is 55.4 Å². The van der Waals surface area contributed by atoms with Gasteiger partial charge in [-0.3, -0.25) is 0 Å². The van der Waals surface area contributed by atoms with Crippen molar-refractivity contribution in [2.75, 3.05) is 26.5 Å². The SMILES string of the molecule is CNC1C(S(=O)(=O)CCOC)CCCC1(C)C. The molecular formula is C12H25NO3S. The number of nitrogens with one attached hydrogen (secondary N) is 1. The summed E-state index contributed by atoms with van der Waals surface area (Å²) in [4.78, 5) is 0. The van der Waals surface area contributed by atoms with E-state index in [-0.39, 0.29) is 29.1 Å². The van der Waals surface area contributed by atoms with Crippen molar-refractivity contribution in [3.63, 3.8) is 0 Å². The fourth-order valence-corrected chi connectivity index (χ4v) is 5.05. The Morgan fingerprint density at radius 3 is 2.59 bits per heavy atom. The maximum Gasteiger partial charge on any atom is 0.156 e. The quantitative estimate of drug-likeness (QED) is 0.810. The fourth-order valence-electron chi connectivity index (χ4n) is 2.90. The van der Waals surface area contributed by atoms with Gasteiger partial charge in [-0.2, -0.15) is 0 Å². The lowest BCUT2D eigenvalue weighted by Crippen LogP contribution is -2.54. The molecule has 0 amide bonds. The monoisotopic (exact) mass is 263 g/mol. The third-order valence-corrected chi connectivity index (χ3v) is 6.03. The molecule has 0 spiro atoms. The predicted molar refractivity (Wildman–Crippen MR) is 69.9 cm³/mol. The smallest absolute Gasteiger partial charge is 0.156 e. The van der Waals surface area contributed by atoms with E-state index in [0.717, 1.165) is 19.3 Å². The largest absolute Gasteiger partial charge is 0.384 e. The van der Waals surface area contributed by atoms with E-state index in [9.17, 15) is 8.42 Å². The molecule has 1 fully saturated rings. The van der Waals surface area contributed by atoms with Crippen molar-refractivity contribution in [3.8, 4) is 0 Å². The van der Waals surface area contributed by atoms with Crippen LogP contribution in [0, 0.1) is 5.41 Å². The van der Waals surface area contributed by atoms with E-state index in [2.05, 4.69) is 19.2 Å². The summed E-state index contributed by atoms with van der Waals surface area (Å²) >= 11 is 0. The Hall–Kier alpha value is -0.130. The fraction of sp³-hybridized carbons (Fsp3) is 1.00. The van der Waals surface area contributed by atoms with Gasteiger partial charge in [0.05, 0.1) is 17.6 Å². The first kappa shape index (κ1) is 14.9. The van der Waals surface area contributed by atoms with Crippen LogP contribution in [0.5, 0.6) is 0 Å². The number of sulfone groups is 1. The lowest BCUT2D eigenvalue weighted by molar-refractivity contribution is 0.177. The van der Waals surface area contributed by atoms with Gasteiger partial charge in [0, 0.05) is 13.2 Å². The average molecular weight is 263 g/mol. The lowest BCUT2D eigenvalue weighted by atomic mass is 9.73. The van der Waals surface area contributed by atoms with Crippen LogP contribution in [0.3, 0.4) is 0 Å². The molecule has 4 nitrogen and oxygen atoms in total. The molecular weight excluding hydrogens is 238 g/mol. The van der Waals surface area contributed by atoms with E-state index in [4.69, 9.17) is 4.74 Å². The summed E-state index contributed by atoms with van der Waals surface area (Å²) < 4.78 is 29.5. The Kier molecular flexibility index (Phi) is 4.98. The molecule has 17 heavy (non-hydrogen) atoms. The first-order chi connectivity index (χ1) is 7.85. The Bertz CT molecular complexity index is 338. The molecule has 0 heterocycles. The van der Waals surface area contributed by atoms with Gasteiger partial charge >= 0.3 is 0 Å². The molecule has 1 aliphatic carbocycles. The van der Waals surface area contributed by atoms with Crippen molar-refractivity contribution in [1.82, 2.24) is 5.32 Å². The minimum absolute atomic E-state index is 0.0395. The van der Waals surface area contributed by atoms with E-state index in [0.29, 0.717) is 0 Å². The molecule has 1 aliphatic rings.